The molecule has 1 aliphatic heterocycles. The number of rotatable bonds is 2. The van der Waals surface area contributed by atoms with Gasteiger partial charge in [0.2, 0.25) is 11.9 Å². The highest BCUT2D eigenvalue weighted by Gasteiger charge is 2.20. The summed E-state index contributed by atoms with van der Waals surface area (Å²) in [6.07, 6.45) is 4.34. The molecule has 16 heavy (non-hydrogen) atoms. The largest absolute Gasteiger partial charge is 0.323 e. The van der Waals surface area contributed by atoms with Crippen molar-refractivity contribution in [3.05, 3.63) is 24.3 Å². The zero-order chi connectivity index (χ0) is 11.4. The van der Waals surface area contributed by atoms with Gasteiger partial charge in [-0.3, -0.25) is 4.79 Å². The molecule has 0 spiro atoms. The van der Waals surface area contributed by atoms with E-state index in [1.165, 1.54) is 18.3 Å². The summed E-state index contributed by atoms with van der Waals surface area (Å²) < 4.78 is 12.5. The first-order chi connectivity index (χ1) is 7.75. The number of halogens is 1. The molecule has 0 aliphatic carbocycles. The van der Waals surface area contributed by atoms with Gasteiger partial charge in [0.15, 0.2) is 0 Å². The van der Waals surface area contributed by atoms with Gasteiger partial charge in [0, 0.05) is 0 Å². The van der Waals surface area contributed by atoms with Gasteiger partial charge < -0.3 is 10.6 Å². The molecule has 0 bridgehead atoms. The van der Waals surface area contributed by atoms with Crippen LogP contribution in [-0.2, 0) is 4.79 Å². The third-order valence-electron chi connectivity index (χ3n) is 2.62. The second-order valence-electron chi connectivity index (χ2n) is 3.86. The van der Waals surface area contributed by atoms with Crippen molar-refractivity contribution in [2.75, 3.05) is 11.9 Å². The summed E-state index contributed by atoms with van der Waals surface area (Å²) in [6.45, 7) is 0.875. The third-order valence-corrected chi connectivity index (χ3v) is 2.62. The van der Waals surface area contributed by atoms with Crippen molar-refractivity contribution in [3.63, 3.8) is 0 Å². The van der Waals surface area contributed by atoms with Crippen molar-refractivity contribution in [1.29, 1.82) is 0 Å². The average molecular weight is 223 g/mol. The first-order valence-electron chi connectivity index (χ1n) is 5.41. The minimum atomic E-state index is -0.547. The Balaban J connectivity index is 1.93. The van der Waals surface area contributed by atoms with E-state index in [-0.39, 0.29) is 11.9 Å². The van der Waals surface area contributed by atoms with Crippen LogP contribution in [0.3, 0.4) is 0 Å². The minimum Gasteiger partial charge on any atom is -0.323 e. The molecule has 0 aromatic carbocycles. The lowest BCUT2D eigenvalue weighted by Crippen LogP contribution is -2.43. The van der Waals surface area contributed by atoms with Crippen LogP contribution in [0.15, 0.2) is 18.3 Å². The van der Waals surface area contributed by atoms with Crippen LogP contribution in [-0.4, -0.2) is 23.5 Å². The maximum absolute atomic E-state index is 12.5. The lowest BCUT2D eigenvalue weighted by Gasteiger charge is -2.22. The van der Waals surface area contributed by atoms with Crippen LogP contribution in [0.25, 0.3) is 0 Å². The smallest absolute Gasteiger partial charge is 0.241 e. The van der Waals surface area contributed by atoms with E-state index in [4.69, 9.17) is 0 Å². The zero-order valence-corrected chi connectivity index (χ0v) is 8.87. The normalized spacial score (nSPS) is 20.4. The summed E-state index contributed by atoms with van der Waals surface area (Å²) >= 11 is 0. The van der Waals surface area contributed by atoms with E-state index in [0.717, 1.165) is 25.8 Å². The van der Waals surface area contributed by atoms with Crippen LogP contribution in [0.4, 0.5) is 10.1 Å². The molecule has 0 saturated carbocycles. The number of nitrogens with zero attached hydrogens (tertiary/aromatic N) is 1. The molecule has 86 valence electrons. The number of aromatic nitrogens is 1. The topological polar surface area (TPSA) is 54.0 Å². The van der Waals surface area contributed by atoms with Crippen molar-refractivity contribution in [2.24, 2.45) is 0 Å². The Kier molecular flexibility index (Phi) is 3.46. The highest BCUT2D eigenvalue weighted by molar-refractivity contribution is 5.94. The molecule has 1 aromatic rings. The molecular weight excluding hydrogens is 209 g/mol. The fraction of sp³-hybridized carbons (Fsp3) is 0.455. The maximum Gasteiger partial charge on any atom is 0.241 e. The van der Waals surface area contributed by atoms with E-state index in [1.807, 2.05) is 0 Å². The van der Waals surface area contributed by atoms with Crippen LogP contribution in [0.2, 0.25) is 0 Å². The van der Waals surface area contributed by atoms with Crippen LogP contribution < -0.4 is 10.6 Å². The second kappa shape index (κ2) is 5.03. The number of pyridine rings is 1. The lowest BCUT2D eigenvalue weighted by molar-refractivity contribution is -0.118. The van der Waals surface area contributed by atoms with Gasteiger partial charge in [0.05, 0.1) is 17.9 Å². The molecule has 1 fully saturated rings. The molecule has 1 amide bonds. The van der Waals surface area contributed by atoms with Gasteiger partial charge in [-0.2, -0.15) is 4.39 Å². The van der Waals surface area contributed by atoms with Gasteiger partial charge in [-0.1, -0.05) is 6.42 Å². The summed E-state index contributed by atoms with van der Waals surface area (Å²) in [5.41, 5.74) is 0.527. The molecule has 1 atom stereocenters. The number of piperidine rings is 1. The van der Waals surface area contributed by atoms with Crippen molar-refractivity contribution < 1.29 is 9.18 Å². The lowest BCUT2D eigenvalue weighted by atomic mass is 10.0. The first kappa shape index (κ1) is 11.0. The highest BCUT2D eigenvalue weighted by atomic mass is 19.1. The highest BCUT2D eigenvalue weighted by Crippen LogP contribution is 2.10. The Morgan fingerprint density at radius 2 is 2.38 bits per heavy atom. The second-order valence-corrected chi connectivity index (χ2v) is 3.86. The summed E-state index contributed by atoms with van der Waals surface area (Å²) in [7, 11) is 0. The Hall–Kier alpha value is -1.49. The number of carbonyl (C=O) groups excluding carboxylic acids is 1. The SMILES string of the molecule is O=C(Nc1ccc(F)nc1)C1CCCCN1. The summed E-state index contributed by atoms with van der Waals surface area (Å²) in [4.78, 5) is 15.2. The molecule has 2 rings (SSSR count). The zero-order valence-electron chi connectivity index (χ0n) is 8.87. The molecular formula is C11H14FN3O. The van der Waals surface area contributed by atoms with Gasteiger partial charge in [0.25, 0.3) is 0 Å². The third kappa shape index (κ3) is 2.76. The number of nitrogens with one attached hydrogen (secondary N) is 2. The van der Waals surface area contributed by atoms with Crippen LogP contribution in [0.1, 0.15) is 19.3 Å². The molecule has 1 saturated heterocycles. The molecule has 2 N–H and O–H groups in total. The average Bonchev–Trinajstić information content (AvgIpc) is 2.33. The van der Waals surface area contributed by atoms with Crippen molar-refractivity contribution in [1.82, 2.24) is 10.3 Å². The van der Waals surface area contributed by atoms with Crippen molar-refractivity contribution in [3.8, 4) is 0 Å². The van der Waals surface area contributed by atoms with Crippen LogP contribution in [0.5, 0.6) is 0 Å². The van der Waals surface area contributed by atoms with Gasteiger partial charge in [-0.15, -0.1) is 0 Å². The number of carbonyl (C=O) groups is 1. The van der Waals surface area contributed by atoms with Crippen LogP contribution in [0, 0.1) is 5.95 Å². The van der Waals surface area contributed by atoms with Gasteiger partial charge in [-0.25, -0.2) is 4.98 Å². The Morgan fingerprint density at radius 3 is 3.00 bits per heavy atom. The van der Waals surface area contributed by atoms with Crippen molar-refractivity contribution in [2.45, 2.75) is 25.3 Å². The number of amides is 1. The van der Waals surface area contributed by atoms with E-state index in [1.54, 1.807) is 0 Å². The molecule has 0 radical (unpaired) electrons. The number of hydrogen-bond donors (Lipinski definition) is 2. The summed E-state index contributed by atoms with van der Waals surface area (Å²) in [6, 6.07) is 2.59. The van der Waals surface area contributed by atoms with Gasteiger partial charge in [0.1, 0.15) is 0 Å². The first-order valence-corrected chi connectivity index (χ1v) is 5.41. The molecule has 1 aromatic heterocycles. The molecule has 2 heterocycles. The van der Waals surface area contributed by atoms with Gasteiger partial charge in [-0.05, 0) is 31.5 Å². The van der Waals surface area contributed by atoms with Gasteiger partial charge >= 0.3 is 0 Å². The van der Waals surface area contributed by atoms with E-state index in [0.29, 0.717) is 5.69 Å². The number of hydrogen-bond acceptors (Lipinski definition) is 3. The fourth-order valence-electron chi connectivity index (χ4n) is 1.75. The van der Waals surface area contributed by atoms with Crippen LogP contribution >= 0.6 is 0 Å². The predicted molar refractivity (Wildman–Crippen MR) is 58.5 cm³/mol. The van der Waals surface area contributed by atoms with E-state index >= 15 is 0 Å². The molecule has 5 heteroatoms. The molecule has 1 unspecified atom stereocenters. The van der Waals surface area contributed by atoms with Crippen molar-refractivity contribution >= 4 is 11.6 Å². The minimum absolute atomic E-state index is 0.0758. The number of anilines is 1. The summed E-state index contributed by atoms with van der Waals surface area (Å²) in [5, 5.41) is 5.85. The quantitative estimate of drug-likeness (QED) is 0.743. The van der Waals surface area contributed by atoms with E-state index in [9.17, 15) is 9.18 Å². The Morgan fingerprint density at radius 1 is 1.50 bits per heavy atom. The van der Waals surface area contributed by atoms with E-state index < -0.39 is 5.95 Å². The standard InChI is InChI=1S/C11H14FN3O/c12-10-5-4-8(7-14-10)15-11(16)9-3-1-2-6-13-9/h4-5,7,9,13H,1-3,6H2,(H,15,16). The molecule has 1 aliphatic rings. The summed E-state index contributed by atoms with van der Waals surface area (Å²) in [5.74, 6) is -0.623. The fourth-order valence-corrected chi connectivity index (χ4v) is 1.75. The maximum atomic E-state index is 12.5. The van der Waals surface area contributed by atoms with E-state index in [2.05, 4.69) is 15.6 Å². The monoisotopic (exact) mass is 223 g/mol. The Bertz CT molecular complexity index is 360. The molecule has 4 nitrogen and oxygen atoms in total. The Labute approximate surface area is 93.3 Å². The predicted octanol–water partition coefficient (Wildman–Crippen LogP) is 1.30.